The number of halogens is 2. The first-order valence-corrected chi connectivity index (χ1v) is 4.13. The predicted molar refractivity (Wildman–Crippen MR) is 42.6 cm³/mol. The van der Waals surface area contributed by atoms with Gasteiger partial charge in [-0.05, 0) is 13.3 Å². The van der Waals surface area contributed by atoms with Gasteiger partial charge in [-0.1, -0.05) is 38.8 Å². The number of alkyl halides is 2. The molecule has 0 fully saturated rings. The molecule has 0 aliphatic rings. The zero-order valence-electron chi connectivity index (χ0n) is 4.99. The highest BCUT2D eigenvalue weighted by Crippen LogP contribution is 2.30. The first-order valence-electron chi connectivity index (χ1n) is 2.54. The largest absolute Gasteiger partial charge is 0.391 e. The van der Waals surface area contributed by atoms with E-state index in [2.05, 4.69) is 31.9 Å². The summed E-state index contributed by atoms with van der Waals surface area (Å²) in [5.74, 6) is 0. The van der Waals surface area contributed by atoms with Crippen LogP contribution in [0.3, 0.4) is 0 Å². The molecule has 0 radical (unpaired) electrons. The minimum absolute atomic E-state index is 0.311. The van der Waals surface area contributed by atoms with E-state index in [1.54, 1.807) is 0 Å². The van der Waals surface area contributed by atoms with Crippen molar-refractivity contribution in [2.75, 3.05) is 0 Å². The van der Waals surface area contributed by atoms with E-state index >= 15 is 0 Å². The molecule has 8 heavy (non-hydrogen) atoms. The molecule has 0 aliphatic heterocycles. The van der Waals surface area contributed by atoms with Gasteiger partial charge in [0.1, 0.15) is 3.23 Å². The van der Waals surface area contributed by atoms with Gasteiger partial charge in [-0.3, -0.25) is 0 Å². The molecule has 1 atom stereocenters. The fourth-order valence-corrected chi connectivity index (χ4v) is 1.01. The fraction of sp³-hybridized carbons (Fsp3) is 1.00. The molecule has 1 unspecified atom stereocenters. The molecule has 0 amide bonds. The molecular weight excluding hydrogens is 236 g/mol. The predicted octanol–water partition coefficient (Wildman–Crippen LogP) is 2.26. The van der Waals surface area contributed by atoms with Crippen molar-refractivity contribution in [1.29, 1.82) is 0 Å². The van der Waals surface area contributed by atoms with Crippen LogP contribution in [-0.2, 0) is 0 Å². The third-order valence-corrected chi connectivity index (χ3v) is 2.03. The summed E-state index contributed by atoms with van der Waals surface area (Å²) in [5.41, 5.74) is 0. The van der Waals surface area contributed by atoms with Gasteiger partial charge in [0.05, 0.1) is 6.10 Å². The van der Waals surface area contributed by atoms with Gasteiger partial charge in [0.15, 0.2) is 0 Å². The molecule has 1 nitrogen and oxygen atoms in total. The van der Waals surface area contributed by atoms with Crippen LogP contribution in [-0.4, -0.2) is 14.4 Å². The van der Waals surface area contributed by atoms with E-state index in [0.29, 0.717) is 0 Å². The molecule has 0 aliphatic carbocycles. The smallest absolute Gasteiger partial charge is 0.103 e. The van der Waals surface area contributed by atoms with E-state index in [1.807, 2.05) is 13.8 Å². The van der Waals surface area contributed by atoms with Gasteiger partial charge < -0.3 is 5.11 Å². The van der Waals surface area contributed by atoms with Crippen molar-refractivity contribution in [2.24, 2.45) is 0 Å². The maximum atomic E-state index is 9.10. The summed E-state index contributed by atoms with van der Waals surface area (Å²) in [5, 5.41) is 9.10. The molecule has 0 rings (SSSR count). The van der Waals surface area contributed by atoms with Crippen LogP contribution in [0.1, 0.15) is 20.3 Å². The third-order valence-electron chi connectivity index (χ3n) is 0.972. The normalized spacial score (nSPS) is 16.1. The van der Waals surface area contributed by atoms with Gasteiger partial charge in [-0.15, -0.1) is 0 Å². The minimum atomic E-state index is -0.317. The lowest BCUT2D eigenvalue weighted by Gasteiger charge is -2.19. The Morgan fingerprint density at radius 1 is 1.62 bits per heavy atom. The molecule has 50 valence electrons. The second-order valence-corrected chi connectivity index (χ2v) is 6.24. The Bertz CT molecular complexity index is 67.3. The highest BCUT2D eigenvalue weighted by Gasteiger charge is 2.23. The zero-order chi connectivity index (χ0) is 6.78. The summed E-state index contributed by atoms with van der Waals surface area (Å²) in [6, 6.07) is 0. The van der Waals surface area contributed by atoms with Crippen molar-refractivity contribution in [3.8, 4) is 0 Å². The molecule has 3 heteroatoms. The summed E-state index contributed by atoms with van der Waals surface area (Å²) in [4.78, 5) is 0. The lowest BCUT2D eigenvalue weighted by molar-refractivity contribution is 0.166. The van der Waals surface area contributed by atoms with E-state index in [9.17, 15) is 0 Å². The average molecular weight is 246 g/mol. The Morgan fingerprint density at radius 2 is 2.00 bits per heavy atom. The van der Waals surface area contributed by atoms with Crippen LogP contribution in [0.5, 0.6) is 0 Å². The SMILES string of the molecule is CCC(O)C(C)(Br)Br. The second-order valence-electron chi connectivity index (χ2n) is 1.88. The summed E-state index contributed by atoms with van der Waals surface area (Å²) in [6.45, 7) is 3.81. The van der Waals surface area contributed by atoms with Crippen molar-refractivity contribution >= 4 is 31.9 Å². The number of rotatable bonds is 2. The molecule has 0 aromatic heterocycles. The topological polar surface area (TPSA) is 20.2 Å². The number of hydrogen-bond donors (Lipinski definition) is 1. The quantitative estimate of drug-likeness (QED) is 0.741. The maximum absolute atomic E-state index is 9.10. The average Bonchev–Trinajstić information content (AvgIpc) is 1.62. The fourth-order valence-electron chi connectivity index (χ4n) is 0.358. The van der Waals surface area contributed by atoms with E-state index in [1.165, 1.54) is 0 Å². The summed E-state index contributed by atoms with van der Waals surface area (Å²) in [6.07, 6.45) is 0.440. The van der Waals surface area contributed by atoms with Crippen LogP contribution in [0, 0.1) is 0 Å². The highest BCUT2D eigenvalue weighted by molar-refractivity contribution is 9.25. The van der Waals surface area contributed by atoms with E-state index in [4.69, 9.17) is 5.11 Å². The Hall–Kier alpha value is 0.920. The van der Waals surface area contributed by atoms with Gasteiger partial charge >= 0.3 is 0 Å². The molecule has 0 aromatic carbocycles. The van der Waals surface area contributed by atoms with E-state index in [-0.39, 0.29) is 9.34 Å². The van der Waals surface area contributed by atoms with E-state index < -0.39 is 0 Å². The van der Waals surface area contributed by atoms with Crippen molar-refractivity contribution in [1.82, 2.24) is 0 Å². The Labute approximate surface area is 66.7 Å². The molecule has 1 N–H and O–H groups in total. The van der Waals surface area contributed by atoms with Crippen LogP contribution in [0.25, 0.3) is 0 Å². The maximum Gasteiger partial charge on any atom is 0.103 e. The third kappa shape index (κ3) is 3.05. The Balaban J connectivity index is 3.62. The van der Waals surface area contributed by atoms with Crippen LogP contribution >= 0.6 is 31.9 Å². The lowest BCUT2D eigenvalue weighted by Crippen LogP contribution is -2.25. The van der Waals surface area contributed by atoms with Crippen LogP contribution in [0.4, 0.5) is 0 Å². The summed E-state index contributed by atoms with van der Waals surface area (Å²) in [7, 11) is 0. The van der Waals surface area contributed by atoms with Crippen LogP contribution in [0.15, 0.2) is 0 Å². The second kappa shape index (κ2) is 3.18. The van der Waals surface area contributed by atoms with Crippen LogP contribution in [0.2, 0.25) is 0 Å². The van der Waals surface area contributed by atoms with Crippen LogP contribution < -0.4 is 0 Å². The molecule has 0 saturated heterocycles. The number of aliphatic hydroxyl groups is 1. The first-order chi connectivity index (χ1) is 3.48. The molecule has 0 bridgehead atoms. The van der Waals surface area contributed by atoms with Gasteiger partial charge in [-0.2, -0.15) is 0 Å². The van der Waals surface area contributed by atoms with Crippen molar-refractivity contribution in [3.63, 3.8) is 0 Å². The van der Waals surface area contributed by atoms with Crippen molar-refractivity contribution < 1.29 is 5.11 Å². The molecule has 0 aromatic rings. The standard InChI is InChI=1S/C5H10Br2O/c1-3-4(8)5(2,6)7/h4,8H,3H2,1-2H3. The van der Waals surface area contributed by atoms with E-state index in [0.717, 1.165) is 6.42 Å². The Kier molecular flexibility index (Phi) is 3.55. The van der Waals surface area contributed by atoms with Crippen molar-refractivity contribution in [2.45, 2.75) is 29.6 Å². The van der Waals surface area contributed by atoms with Gasteiger partial charge in [0.2, 0.25) is 0 Å². The lowest BCUT2D eigenvalue weighted by atomic mass is 10.2. The number of aliphatic hydroxyl groups excluding tert-OH is 1. The zero-order valence-corrected chi connectivity index (χ0v) is 8.16. The summed E-state index contributed by atoms with van der Waals surface area (Å²) >= 11 is 6.54. The Morgan fingerprint density at radius 3 is 2.00 bits per heavy atom. The summed E-state index contributed by atoms with van der Waals surface area (Å²) < 4.78 is -0.311. The molecule has 0 spiro atoms. The minimum Gasteiger partial charge on any atom is -0.391 e. The van der Waals surface area contributed by atoms with Crippen molar-refractivity contribution in [3.05, 3.63) is 0 Å². The molecule has 0 heterocycles. The number of hydrogen-bond acceptors (Lipinski definition) is 1. The molecule has 0 saturated carbocycles. The monoisotopic (exact) mass is 244 g/mol. The highest BCUT2D eigenvalue weighted by atomic mass is 79.9. The van der Waals surface area contributed by atoms with Gasteiger partial charge in [0.25, 0.3) is 0 Å². The van der Waals surface area contributed by atoms with Gasteiger partial charge in [-0.25, -0.2) is 0 Å². The first kappa shape index (κ1) is 8.92. The molecular formula is C5H10Br2O. The van der Waals surface area contributed by atoms with Gasteiger partial charge in [0, 0.05) is 0 Å².